The maximum atomic E-state index is 13.4. The third kappa shape index (κ3) is 15.6. The molecule has 0 unspecified atom stereocenters. The molecule has 0 aliphatic carbocycles. The molecule has 0 aliphatic heterocycles. The number of nitrogens with zero attached hydrogens (tertiary/aromatic N) is 2. The summed E-state index contributed by atoms with van der Waals surface area (Å²) in [6.07, 6.45) is 1.34. The minimum Gasteiger partial charge on any atom is -0.423 e. The van der Waals surface area contributed by atoms with E-state index < -0.39 is 66.4 Å². The van der Waals surface area contributed by atoms with Crippen molar-refractivity contribution in [2.75, 3.05) is 31.5 Å². The second kappa shape index (κ2) is 20.7. The van der Waals surface area contributed by atoms with Gasteiger partial charge in [0.2, 0.25) is 29.5 Å². The minimum absolute atomic E-state index is 0.0136. The van der Waals surface area contributed by atoms with E-state index in [1.807, 2.05) is 13.8 Å². The topological polar surface area (TPSA) is 331 Å². The van der Waals surface area contributed by atoms with Gasteiger partial charge in [-0.3, -0.25) is 34.0 Å². The van der Waals surface area contributed by atoms with Crippen molar-refractivity contribution in [1.29, 1.82) is 0 Å². The van der Waals surface area contributed by atoms with Crippen molar-refractivity contribution < 1.29 is 28.4 Å². The third-order valence-corrected chi connectivity index (χ3v) is 7.33. The van der Waals surface area contributed by atoms with Crippen molar-refractivity contribution in [2.45, 2.75) is 71.0 Å². The Morgan fingerprint density at radius 3 is 2.02 bits per heavy atom. The fraction of sp³-hybridized carbons (Fsp3) is 0.500. The van der Waals surface area contributed by atoms with Crippen LogP contribution in [0.15, 0.2) is 43.5 Å². The monoisotopic (exact) mass is 714 g/mol. The summed E-state index contributed by atoms with van der Waals surface area (Å²) in [6.45, 7) is 5.01. The van der Waals surface area contributed by atoms with Gasteiger partial charge in [0.25, 0.3) is 0 Å². The number of fused-ring (bicyclic) bond motifs is 1. The lowest BCUT2D eigenvalue weighted by molar-refractivity contribution is -0.133. The molecular weight excluding hydrogens is 664 g/mol. The molecule has 51 heavy (non-hydrogen) atoms. The van der Waals surface area contributed by atoms with Crippen LogP contribution in [-0.4, -0.2) is 85.8 Å². The first-order chi connectivity index (χ1) is 24.0. The number of hydrogen-bond acceptors (Lipinski definition) is 10. The number of aryl methyl sites for hydroxylation is 1. The molecule has 0 radical (unpaired) electrons. The van der Waals surface area contributed by atoms with E-state index in [0.29, 0.717) is 29.5 Å². The van der Waals surface area contributed by atoms with Gasteiger partial charge in [-0.1, -0.05) is 13.8 Å². The highest BCUT2D eigenvalue weighted by Crippen LogP contribution is 2.20. The Hall–Kier alpha value is -5.72. The molecule has 0 saturated heterocycles. The van der Waals surface area contributed by atoms with Crippen LogP contribution in [0.4, 0.5) is 5.69 Å². The Labute approximate surface area is 295 Å². The summed E-state index contributed by atoms with van der Waals surface area (Å²) in [5.41, 5.74) is 28.3. The van der Waals surface area contributed by atoms with Crippen molar-refractivity contribution in [3.63, 3.8) is 0 Å². The lowest BCUT2D eigenvalue weighted by Gasteiger charge is -2.25. The number of hydrogen-bond donors (Lipinski definition) is 10. The second-order valence-corrected chi connectivity index (χ2v) is 12.3. The molecule has 0 fully saturated rings. The number of aliphatic imine (C=N–C) groups is 2. The molecule has 0 saturated carbocycles. The molecule has 0 aliphatic rings. The first-order valence-electron chi connectivity index (χ1n) is 16.4. The van der Waals surface area contributed by atoms with E-state index in [9.17, 15) is 28.8 Å². The quantitative estimate of drug-likeness (QED) is 0.0300. The van der Waals surface area contributed by atoms with Crippen LogP contribution in [0.3, 0.4) is 0 Å². The first-order valence-corrected chi connectivity index (χ1v) is 16.4. The number of anilines is 1. The first kappa shape index (κ1) is 41.5. The maximum absolute atomic E-state index is 13.4. The Balaban J connectivity index is 1.99. The van der Waals surface area contributed by atoms with Crippen molar-refractivity contribution in [2.24, 2.45) is 44.6 Å². The predicted molar refractivity (Wildman–Crippen MR) is 193 cm³/mol. The molecule has 1 aromatic carbocycles. The van der Waals surface area contributed by atoms with Crippen LogP contribution >= 0.6 is 0 Å². The van der Waals surface area contributed by atoms with Crippen LogP contribution in [0.1, 0.15) is 51.5 Å². The van der Waals surface area contributed by atoms with E-state index in [1.165, 1.54) is 12.1 Å². The largest absolute Gasteiger partial charge is 0.423 e. The number of carbonyl (C=O) groups excluding carboxylic acids is 5. The van der Waals surface area contributed by atoms with Gasteiger partial charge in [-0.05, 0) is 62.6 Å². The van der Waals surface area contributed by atoms with Crippen molar-refractivity contribution in [3.05, 3.63) is 40.2 Å². The molecule has 1 heterocycles. The van der Waals surface area contributed by atoms with Gasteiger partial charge in [0, 0.05) is 36.3 Å². The number of nitrogens with two attached hydrogens (primary N) is 5. The molecule has 19 nitrogen and oxygen atoms in total. The fourth-order valence-electron chi connectivity index (χ4n) is 4.82. The Morgan fingerprint density at radius 2 is 1.39 bits per heavy atom. The summed E-state index contributed by atoms with van der Waals surface area (Å²) in [7, 11) is 0. The van der Waals surface area contributed by atoms with E-state index in [1.54, 1.807) is 19.1 Å². The molecule has 280 valence electrons. The SMILES string of the molecule is Cc1cc(=O)oc2cc(NC(=O)CNC(=O)CNC(=O)[C@H](CCCN=C(N)N)NC(=O)[C@@H](CC(C)C)NC(=O)[C@@H](N)CCCN=C(N)N)ccc12. The van der Waals surface area contributed by atoms with Crippen LogP contribution in [-0.2, 0) is 24.0 Å². The number of amides is 5. The molecule has 1 aromatic heterocycles. The smallest absolute Gasteiger partial charge is 0.336 e. The third-order valence-electron chi connectivity index (χ3n) is 7.33. The summed E-state index contributed by atoms with van der Waals surface area (Å²) in [6, 6.07) is 3.10. The highest BCUT2D eigenvalue weighted by Gasteiger charge is 2.28. The van der Waals surface area contributed by atoms with Gasteiger partial charge in [0.1, 0.15) is 17.7 Å². The second-order valence-electron chi connectivity index (χ2n) is 12.3. The summed E-state index contributed by atoms with van der Waals surface area (Å²) in [5, 5.41) is 13.5. The maximum Gasteiger partial charge on any atom is 0.336 e. The zero-order valence-electron chi connectivity index (χ0n) is 29.1. The summed E-state index contributed by atoms with van der Waals surface area (Å²) in [4.78, 5) is 83.8. The Kier molecular flexibility index (Phi) is 16.8. The van der Waals surface area contributed by atoms with Crippen LogP contribution < -0.4 is 60.9 Å². The number of nitrogens with one attached hydrogen (secondary N) is 5. The summed E-state index contributed by atoms with van der Waals surface area (Å²) in [5.74, 6) is -3.35. The number of carbonyl (C=O) groups is 5. The van der Waals surface area contributed by atoms with Gasteiger partial charge < -0.3 is 59.7 Å². The lowest BCUT2D eigenvalue weighted by atomic mass is 10.0. The van der Waals surface area contributed by atoms with Gasteiger partial charge in [0.15, 0.2) is 11.9 Å². The fourth-order valence-corrected chi connectivity index (χ4v) is 4.82. The van der Waals surface area contributed by atoms with Crippen LogP contribution in [0.2, 0.25) is 0 Å². The average molecular weight is 715 g/mol. The van der Waals surface area contributed by atoms with Crippen LogP contribution in [0.5, 0.6) is 0 Å². The van der Waals surface area contributed by atoms with Crippen LogP contribution in [0.25, 0.3) is 11.0 Å². The van der Waals surface area contributed by atoms with Crippen molar-refractivity contribution >= 4 is 58.1 Å². The molecule has 2 aromatic rings. The lowest BCUT2D eigenvalue weighted by Crippen LogP contribution is -2.56. The van der Waals surface area contributed by atoms with Crippen LogP contribution in [0, 0.1) is 12.8 Å². The van der Waals surface area contributed by atoms with Gasteiger partial charge >= 0.3 is 5.63 Å². The zero-order chi connectivity index (χ0) is 38.1. The minimum atomic E-state index is -1.13. The summed E-state index contributed by atoms with van der Waals surface area (Å²) < 4.78 is 5.19. The van der Waals surface area contributed by atoms with Gasteiger partial charge in [-0.25, -0.2) is 4.79 Å². The molecule has 5 amide bonds. The molecule has 0 spiro atoms. The number of benzene rings is 1. The molecular formula is C32H50N12O7. The van der Waals surface area contributed by atoms with E-state index in [2.05, 4.69) is 36.6 Å². The average Bonchev–Trinajstić information content (AvgIpc) is 3.04. The number of rotatable bonds is 20. The van der Waals surface area contributed by atoms with Crippen molar-refractivity contribution in [3.8, 4) is 0 Å². The molecule has 0 bridgehead atoms. The van der Waals surface area contributed by atoms with Gasteiger partial charge in [0.05, 0.1) is 19.1 Å². The predicted octanol–water partition coefficient (Wildman–Crippen LogP) is -2.28. The molecule has 2 rings (SSSR count). The summed E-state index contributed by atoms with van der Waals surface area (Å²) >= 11 is 0. The number of guanidine groups is 2. The van der Waals surface area contributed by atoms with Gasteiger partial charge in [-0.2, -0.15) is 0 Å². The molecule has 3 atom stereocenters. The van der Waals surface area contributed by atoms with Gasteiger partial charge in [-0.15, -0.1) is 0 Å². The normalized spacial score (nSPS) is 12.6. The Morgan fingerprint density at radius 1 is 0.784 bits per heavy atom. The van der Waals surface area contributed by atoms with E-state index in [-0.39, 0.29) is 50.2 Å². The van der Waals surface area contributed by atoms with E-state index in [0.717, 1.165) is 5.56 Å². The highest BCUT2D eigenvalue weighted by atomic mass is 16.4. The Bertz CT molecular complexity index is 1650. The standard InChI is InChI=1S/C32H50N12O7/c1-17(2)12-23(44-28(48)21(33)6-4-10-38-31(34)35)30(50)43-22(7-5-11-39-32(36)37)29(49)41-15-25(45)40-16-26(46)42-19-8-9-20-18(3)13-27(47)51-24(20)14-19/h8-9,13-14,17,21-23H,4-7,10-12,15-16,33H2,1-3H3,(H,40,45)(H,41,49)(H,42,46)(H,43,50)(H,44,48)(H4,34,35,38)(H4,36,37,39)/t21-,22-,23+/m0/s1. The highest BCUT2D eigenvalue weighted by molar-refractivity contribution is 5.97. The molecule has 15 N–H and O–H groups in total. The zero-order valence-corrected chi connectivity index (χ0v) is 29.1. The van der Waals surface area contributed by atoms with E-state index in [4.69, 9.17) is 33.1 Å². The van der Waals surface area contributed by atoms with Crippen molar-refractivity contribution in [1.82, 2.24) is 21.3 Å². The van der Waals surface area contributed by atoms with E-state index >= 15 is 0 Å². The molecule has 19 heteroatoms.